The second-order valence-corrected chi connectivity index (χ2v) is 6.57. The largest absolute Gasteiger partial charge is 0.376 e. The molecule has 23 heavy (non-hydrogen) atoms. The molecule has 8 heteroatoms. The van der Waals surface area contributed by atoms with Gasteiger partial charge in [0.05, 0.1) is 12.6 Å². The fraction of sp³-hybridized carbons (Fsp3) is 0.533. The van der Waals surface area contributed by atoms with Gasteiger partial charge in [0.15, 0.2) is 5.82 Å². The number of aromatic nitrogens is 2. The summed E-state index contributed by atoms with van der Waals surface area (Å²) in [7, 11) is 1.76. The van der Waals surface area contributed by atoms with Crippen molar-refractivity contribution in [2.24, 2.45) is 0 Å². The Hall–Kier alpha value is -1.93. The molecule has 0 unspecified atom stereocenters. The maximum Gasteiger partial charge on any atom is 0.317 e. The molecule has 3 rings (SSSR count). The third kappa shape index (κ3) is 4.52. The standard InChI is InChI=1S/C15H20N4O3S/c1-19(10-11-4-2-6-21-11)15(20)16-9-14-17-13(18-22-14)8-12-5-3-7-23-12/h3,5,7,11H,2,4,6,8-10H2,1H3,(H,16,20)/t11-/m1/s1. The second kappa shape index (κ2) is 7.56. The number of amides is 2. The van der Waals surface area contributed by atoms with Crippen LogP contribution in [0.1, 0.15) is 29.4 Å². The van der Waals surface area contributed by atoms with Gasteiger partial charge in [-0.05, 0) is 24.3 Å². The second-order valence-electron chi connectivity index (χ2n) is 5.53. The number of hydrogen-bond donors (Lipinski definition) is 1. The van der Waals surface area contributed by atoms with Crippen LogP contribution in [0.5, 0.6) is 0 Å². The lowest BCUT2D eigenvalue weighted by atomic mass is 10.2. The summed E-state index contributed by atoms with van der Waals surface area (Å²) < 4.78 is 10.7. The SMILES string of the molecule is CN(C[C@H]1CCCO1)C(=O)NCc1nc(Cc2cccs2)no1. The highest BCUT2D eigenvalue weighted by Gasteiger charge is 2.20. The van der Waals surface area contributed by atoms with Gasteiger partial charge in [-0.3, -0.25) is 0 Å². The van der Waals surface area contributed by atoms with E-state index < -0.39 is 0 Å². The van der Waals surface area contributed by atoms with Crippen molar-refractivity contribution in [3.05, 3.63) is 34.1 Å². The van der Waals surface area contributed by atoms with Gasteiger partial charge < -0.3 is 19.5 Å². The van der Waals surface area contributed by atoms with E-state index >= 15 is 0 Å². The molecule has 7 nitrogen and oxygen atoms in total. The molecule has 2 aromatic rings. The Kier molecular flexibility index (Phi) is 5.24. The summed E-state index contributed by atoms with van der Waals surface area (Å²) in [5.74, 6) is 1.04. The van der Waals surface area contributed by atoms with E-state index in [1.165, 1.54) is 4.88 Å². The summed E-state index contributed by atoms with van der Waals surface area (Å²) in [5, 5.41) is 8.73. The lowest BCUT2D eigenvalue weighted by molar-refractivity contribution is 0.0873. The van der Waals surface area contributed by atoms with Gasteiger partial charge in [-0.2, -0.15) is 4.98 Å². The van der Waals surface area contributed by atoms with Crippen LogP contribution in [0.25, 0.3) is 0 Å². The number of carbonyl (C=O) groups is 1. The molecule has 1 fully saturated rings. The minimum atomic E-state index is -0.168. The molecule has 0 aromatic carbocycles. The monoisotopic (exact) mass is 336 g/mol. The number of likely N-dealkylation sites (N-methyl/N-ethyl adjacent to an activating group) is 1. The van der Waals surface area contributed by atoms with Gasteiger partial charge >= 0.3 is 6.03 Å². The van der Waals surface area contributed by atoms with Crippen LogP contribution in [-0.2, 0) is 17.7 Å². The molecule has 1 aliphatic rings. The maximum absolute atomic E-state index is 12.0. The van der Waals surface area contributed by atoms with Crippen LogP contribution in [0, 0.1) is 0 Å². The van der Waals surface area contributed by atoms with Crippen LogP contribution in [0.3, 0.4) is 0 Å². The molecule has 1 saturated heterocycles. The van der Waals surface area contributed by atoms with Crippen molar-refractivity contribution in [1.82, 2.24) is 20.4 Å². The summed E-state index contributed by atoms with van der Waals surface area (Å²) in [5.41, 5.74) is 0. The zero-order valence-electron chi connectivity index (χ0n) is 13.0. The van der Waals surface area contributed by atoms with Gasteiger partial charge in [-0.15, -0.1) is 11.3 Å². The highest BCUT2D eigenvalue weighted by atomic mass is 32.1. The Morgan fingerprint density at radius 1 is 1.57 bits per heavy atom. The maximum atomic E-state index is 12.0. The molecular formula is C15H20N4O3S. The summed E-state index contributed by atoms with van der Waals surface area (Å²) >= 11 is 1.65. The highest BCUT2D eigenvalue weighted by Crippen LogP contribution is 2.14. The Labute approximate surface area is 138 Å². The summed E-state index contributed by atoms with van der Waals surface area (Å²) in [4.78, 5) is 19.1. The van der Waals surface area contributed by atoms with Crippen molar-refractivity contribution in [2.45, 2.75) is 31.9 Å². The molecule has 0 aliphatic carbocycles. The first-order chi connectivity index (χ1) is 11.2. The molecule has 0 spiro atoms. The van der Waals surface area contributed by atoms with Gasteiger partial charge in [-0.1, -0.05) is 11.2 Å². The predicted molar refractivity (Wildman–Crippen MR) is 85.3 cm³/mol. The highest BCUT2D eigenvalue weighted by molar-refractivity contribution is 7.09. The molecule has 2 amide bonds. The average molecular weight is 336 g/mol. The topological polar surface area (TPSA) is 80.5 Å². The van der Waals surface area contributed by atoms with Gasteiger partial charge in [-0.25, -0.2) is 4.79 Å². The van der Waals surface area contributed by atoms with E-state index in [9.17, 15) is 4.79 Å². The van der Waals surface area contributed by atoms with Crippen molar-refractivity contribution < 1.29 is 14.1 Å². The third-order valence-electron chi connectivity index (χ3n) is 3.66. The van der Waals surface area contributed by atoms with Gasteiger partial charge in [0.2, 0.25) is 5.89 Å². The van der Waals surface area contributed by atoms with E-state index in [2.05, 4.69) is 15.5 Å². The normalized spacial score (nSPS) is 17.3. The van der Waals surface area contributed by atoms with Crippen LogP contribution >= 0.6 is 11.3 Å². The van der Waals surface area contributed by atoms with E-state index in [1.807, 2.05) is 17.5 Å². The molecule has 3 heterocycles. The molecular weight excluding hydrogens is 316 g/mol. The van der Waals surface area contributed by atoms with Crippen LogP contribution in [-0.4, -0.2) is 47.4 Å². The van der Waals surface area contributed by atoms with Crippen molar-refractivity contribution >= 4 is 17.4 Å². The van der Waals surface area contributed by atoms with Crippen LogP contribution in [0.2, 0.25) is 0 Å². The molecule has 1 N–H and O–H groups in total. The Morgan fingerprint density at radius 3 is 3.22 bits per heavy atom. The minimum Gasteiger partial charge on any atom is -0.376 e. The summed E-state index contributed by atoms with van der Waals surface area (Å²) in [6.45, 7) is 1.61. The number of rotatable bonds is 6. The summed E-state index contributed by atoms with van der Waals surface area (Å²) in [6.07, 6.45) is 2.86. The molecule has 0 saturated carbocycles. The first kappa shape index (κ1) is 15.9. The van der Waals surface area contributed by atoms with Crippen molar-refractivity contribution in [3.63, 3.8) is 0 Å². The van der Waals surface area contributed by atoms with E-state index in [0.29, 0.717) is 24.7 Å². The van der Waals surface area contributed by atoms with Crippen molar-refractivity contribution in [2.75, 3.05) is 20.2 Å². The smallest absolute Gasteiger partial charge is 0.317 e. The number of hydrogen-bond acceptors (Lipinski definition) is 6. The fourth-order valence-electron chi connectivity index (χ4n) is 2.47. The van der Waals surface area contributed by atoms with Crippen LogP contribution in [0.4, 0.5) is 4.79 Å². The number of ether oxygens (including phenoxy) is 1. The molecule has 0 bridgehead atoms. The molecule has 0 radical (unpaired) electrons. The van der Waals surface area contributed by atoms with Crippen molar-refractivity contribution in [3.8, 4) is 0 Å². The predicted octanol–water partition coefficient (Wildman–Crippen LogP) is 2.04. The summed E-state index contributed by atoms with van der Waals surface area (Å²) in [6, 6.07) is 3.85. The molecule has 1 aliphatic heterocycles. The van der Waals surface area contributed by atoms with Gasteiger partial charge in [0.1, 0.15) is 0 Å². The Balaban J connectivity index is 1.44. The fourth-order valence-corrected chi connectivity index (χ4v) is 3.17. The van der Waals surface area contributed by atoms with Crippen LogP contribution < -0.4 is 5.32 Å². The number of urea groups is 1. The molecule has 1 atom stereocenters. The zero-order chi connectivity index (χ0) is 16.1. The number of nitrogens with one attached hydrogen (secondary N) is 1. The Morgan fingerprint density at radius 2 is 2.48 bits per heavy atom. The zero-order valence-corrected chi connectivity index (χ0v) is 13.8. The average Bonchev–Trinajstić information content (AvgIpc) is 3.28. The van der Waals surface area contributed by atoms with Crippen LogP contribution in [0.15, 0.2) is 22.0 Å². The number of thiophene rings is 1. The van der Waals surface area contributed by atoms with E-state index in [-0.39, 0.29) is 18.7 Å². The van der Waals surface area contributed by atoms with Gasteiger partial charge in [0, 0.05) is 31.5 Å². The number of carbonyl (C=O) groups excluding carboxylic acids is 1. The van der Waals surface area contributed by atoms with E-state index in [4.69, 9.17) is 9.26 Å². The lowest BCUT2D eigenvalue weighted by Crippen LogP contribution is -2.40. The van der Waals surface area contributed by atoms with Gasteiger partial charge in [0.25, 0.3) is 0 Å². The minimum absolute atomic E-state index is 0.145. The van der Waals surface area contributed by atoms with E-state index in [0.717, 1.165) is 19.4 Å². The molecule has 124 valence electrons. The third-order valence-corrected chi connectivity index (χ3v) is 4.54. The first-order valence-corrected chi connectivity index (χ1v) is 8.53. The molecule has 2 aromatic heterocycles. The first-order valence-electron chi connectivity index (χ1n) is 7.65. The van der Waals surface area contributed by atoms with E-state index in [1.54, 1.807) is 23.3 Å². The van der Waals surface area contributed by atoms with Crippen molar-refractivity contribution in [1.29, 1.82) is 0 Å². The Bertz CT molecular complexity index is 622. The lowest BCUT2D eigenvalue weighted by Gasteiger charge is -2.20. The quantitative estimate of drug-likeness (QED) is 0.873. The number of nitrogens with zero attached hydrogens (tertiary/aromatic N) is 3.